The molecule has 2 aromatic rings. The first-order chi connectivity index (χ1) is 11.1. The van der Waals surface area contributed by atoms with Gasteiger partial charge in [-0.15, -0.1) is 0 Å². The summed E-state index contributed by atoms with van der Waals surface area (Å²) in [6.45, 7) is 1.94. The number of ether oxygens (including phenoxy) is 1. The summed E-state index contributed by atoms with van der Waals surface area (Å²) in [6, 6.07) is 11.8. The fourth-order valence-corrected chi connectivity index (χ4v) is 2.71. The van der Waals surface area contributed by atoms with Gasteiger partial charge < -0.3 is 9.64 Å². The molecule has 2 aromatic carbocycles. The highest BCUT2D eigenvalue weighted by atomic mass is 19.1. The zero-order valence-corrected chi connectivity index (χ0v) is 12.7. The number of anilines is 1. The molecule has 0 aliphatic carbocycles. The molecule has 1 amide bonds. The second-order valence-electron chi connectivity index (χ2n) is 5.31. The molecule has 4 nitrogen and oxygen atoms in total. The van der Waals surface area contributed by atoms with Gasteiger partial charge in [-0.3, -0.25) is 9.59 Å². The number of amides is 1. The molecule has 5 heteroatoms. The van der Waals surface area contributed by atoms with Crippen LogP contribution < -0.4 is 4.90 Å². The Morgan fingerprint density at radius 3 is 2.57 bits per heavy atom. The van der Waals surface area contributed by atoms with Crippen molar-refractivity contribution in [3.05, 3.63) is 53.8 Å². The van der Waals surface area contributed by atoms with Crippen molar-refractivity contribution in [3.63, 3.8) is 0 Å². The third kappa shape index (κ3) is 3.08. The third-order valence-electron chi connectivity index (χ3n) is 3.78. The topological polar surface area (TPSA) is 46.6 Å². The Labute approximate surface area is 133 Å². The molecule has 0 saturated carbocycles. The summed E-state index contributed by atoms with van der Waals surface area (Å²) in [7, 11) is 0. The van der Waals surface area contributed by atoms with Crippen molar-refractivity contribution in [1.29, 1.82) is 0 Å². The van der Waals surface area contributed by atoms with E-state index in [-0.39, 0.29) is 31.3 Å². The summed E-state index contributed by atoms with van der Waals surface area (Å²) in [5.74, 6) is -0.827. The minimum absolute atomic E-state index is 0.0738. The van der Waals surface area contributed by atoms with Gasteiger partial charge in [0.15, 0.2) is 0 Å². The van der Waals surface area contributed by atoms with E-state index in [0.717, 1.165) is 22.4 Å². The maximum Gasteiger partial charge on any atom is 0.326 e. The Bertz CT molecular complexity index is 755. The predicted molar refractivity (Wildman–Crippen MR) is 84.5 cm³/mol. The average molecular weight is 313 g/mol. The summed E-state index contributed by atoms with van der Waals surface area (Å²) < 4.78 is 17.9. The van der Waals surface area contributed by atoms with Gasteiger partial charge in [0.1, 0.15) is 12.4 Å². The van der Waals surface area contributed by atoms with Gasteiger partial charge in [-0.25, -0.2) is 4.39 Å². The van der Waals surface area contributed by atoms with E-state index in [4.69, 9.17) is 4.74 Å². The fourth-order valence-electron chi connectivity index (χ4n) is 2.71. The van der Waals surface area contributed by atoms with Crippen LogP contribution in [-0.4, -0.2) is 25.0 Å². The molecule has 0 spiro atoms. The Hall–Kier alpha value is -2.69. The maximum atomic E-state index is 13.0. The molecule has 1 heterocycles. The molecule has 23 heavy (non-hydrogen) atoms. The van der Waals surface area contributed by atoms with E-state index in [1.807, 2.05) is 18.2 Å². The van der Waals surface area contributed by atoms with E-state index < -0.39 is 5.97 Å². The SMILES string of the molecule is CCOC(=O)CN1C(=O)Cc2cc(-c3ccc(F)cc3)ccc21. The minimum Gasteiger partial charge on any atom is -0.465 e. The zero-order valence-electron chi connectivity index (χ0n) is 12.7. The maximum absolute atomic E-state index is 13.0. The highest BCUT2D eigenvalue weighted by molar-refractivity contribution is 6.04. The van der Waals surface area contributed by atoms with E-state index in [9.17, 15) is 14.0 Å². The molecule has 0 aromatic heterocycles. The molecule has 3 rings (SSSR count). The van der Waals surface area contributed by atoms with Crippen LogP contribution in [0.3, 0.4) is 0 Å². The standard InChI is InChI=1S/C18H16FNO3/c1-2-23-18(22)11-20-16-8-5-13(9-14(16)10-17(20)21)12-3-6-15(19)7-4-12/h3-9H,2,10-11H2,1H3. The van der Waals surface area contributed by atoms with E-state index in [1.54, 1.807) is 19.1 Å². The lowest BCUT2D eigenvalue weighted by Gasteiger charge is -2.16. The number of carbonyl (C=O) groups excluding carboxylic acids is 2. The average Bonchev–Trinajstić information content (AvgIpc) is 2.83. The van der Waals surface area contributed by atoms with Gasteiger partial charge in [0.05, 0.1) is 13.0 Å². The fraction of sp³-hybridized carbons (Fsp3) is 0.222. The van der Waals surface area contributed by atoms with Crippen molar-refractivity contribution in [2.45, 2.75) is 13.3 Å². The lowest BCUT2D eigenvalue weighted by atomic mass is 10.0. The summed E-state index contributed by atoms with van der Waals surface area (Å²) in [5, 5.41) is 0. The molecule has 0 N–H and O–H groups in total. The van der Waals surface area contributed by atoms with Crippen molar-refractivity contribution < 1.29 is 18.7 Å². The van der Waals surface area contributed by atoms with Crippen molar-refractivity contribution in [3.8, 4) is 11.1 Å². The lowest BCUT2D eigenvalue weighted by Crippen LogP contribution is -2.33. The molecular weight excluding hydrogens is 297 g/mol. The molecule has 1 aliphatic heterocycles. The monoisotopic (exact) mass is 313 g/mol. The molecule has 0 bridgehead atoms. The number of carbonyl (C=O) groups is 2. The van der Waals surface area contributed by atoms with E-state index in [0.29, 0.717) is 0 Å². The smallest absolute Gasteiger partial charge is 0.326 e. The molecule has 0 radical (unpaired) electrons. The molecule has 0 atom stereocenters. The number of hydrogen-bond acceptors (Lipinski definition) is 3. The van der Waals surface area contributed by atoms with Crippen molar-refractivity contribution in [2.24, 2.45) is 0 Å². The highest BCUT2D eigenvalue weighted by Gasteiger charge is 2.29. The molecule has 1 aliphatic rings. The highest BCUT2D eigenvalue weighted by Crippen LogP contribution is 2.33. The Kier molecular flexibility index (Phi) is 4.10. The van der Waals surface area contributed by atoms with Gasteiger partial charge in [0.2, 0.25) is 5.91 Å². The van der Waals surface area contributed by atoms with Crippen molar-refractivity contribution in [1.82, 2.24) is 0 Å². The number of esters is 1. The number of halogens is 1. The van der Waals surface area contributed by atoms with Crippen LogP contribution in [0.1, 0.15) is 12.5 Å². The van der Waals surface area contributed by atoms with Crippen LogP contribution in [-0.2, 0) is 20.7 Å². The summed E-state index contributed by atoms with van der Waals surface area (Å²) >= 11 is 0. The Morgan fingerprint density at radius 1 is 1.17 bits per heavy atom. The van der Waals surface area contributed by atoms with Crippen molar-refractivity contribution >= 4 is 17.6 Å². The van der Waals surface area contributed by atoms with Crippen LogP contribution >= 0.6 is 0 Å². The number of benzene rings is 2. The summed E-state index contributed by atoms with van der Waals surface area (Å²) in [5.41, 5.74) is 3.38. The van der Waals surface area contributed by atoms with Crippen LogP contribution in [0.2, 0.25) is 0 Å². The number of nitrogens with zero attached hydrogens (tertiary/aromatic N) is 1. The zero-order chi connectivity index (χ0) is 16.4. The largest absolute Gasteiger partial charge is 0.465 e. The first-order valence-corrected chi connectivity index (χ1v) is 7.43. The first-order valence-electron chi connectivity index (χ1n) is 7.43. The van der Waals surface area contributed by atoms with Crippen molar-refractivity contribution in [2.75, 3.05) is 18.1 Å². The van der Waals surface area contributed by atoms with Gasteiger partial charge in [-0.2, -0.15) is 0 Å². The Morgan fingerprint density at radius 2 is 1.87 bits per heavy atom. The number of hydrogen-bond donors (Lipinski definition) is 0. The normalized spacial score (nSPS) is 13.1. The molecule has 118 valence electrons. The first kappa shape index (κ1) is 15.2. The Balaban J connectivity index is 1.87. The minimum atomic E-state index is -0.420. The molecular formula is C18H16FNO3. The van der Waals surface area contributed by atoms with Gasteiger partial charge in [-0.05, 0) is 47.9 Å². The lowest BCUT2D eigenvalue weighted by molar-refractivity contribution is -0.142. The predicted octanol–water partition coefficient (Wildman–Crippen LogP) is 2.94. The number of fused-ring (bicyclic) bond motifs is 1. The van der Waals surface area contributed by atoms with Crippen LogP contribution in [0.5, 0.6) is 0 Å². The van der Waals surface area contributed by atoms with Gasteiger partial charge >= 0.3 is 5.97 Å². The van der Waals surface area contributed by atoms with Gasteiger partial charge in [0, 0.05) is 5.69 Å². The second-order valence-corrected chi connectivity index (χ2v) is 5.31. The summed E-state index contributed by atoms with van der Waals surface area (Å²) in [6.07, 6.45) is 0.254. The van der Waals surface area contributed by atoms with E-state index >= 15 is 0 Å². The summed E-state index contributed by atoms with van der Waals surface area (Å²) in [4.78, 5) is 25.2. The third-order valence-corrected chi connectivity index (χ3v) is 3.78. The van der Waals surface area contributed by atoms with E-state index in [2.05, 4.69) is 0 Å². The van der Waals surface area contributed by atoms with Crippen LogP contribution in [0, 0.1) is 5.82 Å². The van der Waals surface area contributed by atoms with E-state index in [1.165, 1.54) is 17.0 Å². The van der Waals surface area contributed by atoms with Crippen LogP contribution in [0.25, 0.3) is 11.1 Å². The second kappa shape index (κ2) is 6.20. The number of rotatable bonds is 4. The molecule has 0 unspecified atom stereocenters. The van der Waals surface area contributed by atoms with Crippen LogP contribution in [0.15, 0.2) is 42.5 Å². The molecule has 0 fully saturated rings. The molecule has 0 saturated heterocycles. The van der Waals surface area contributed by atoms with Gasteiger partial charge in [-0.1, -0.05) is 18.2 Å². The quantitative estimate of drug-likeness (QED) is 0.815. The van der Waals surface area contributed by atoms with Crippen LogP contribution in [0.4, 0.5) is 10.1 Å². The van der Waals surface area contributed by atoms with Gasteiger partial charge in [0.25, 0.3) is 0 Å².